The Morgan fingerprint density at radius 1 is 1.03 bits per heavy atom. The van der Waals surface area contributed by atoms with Crippen LogP contribution in [0.1, 0.15) is 5.56 Å². The van der Waals surface area contributed by atoms with Crippen molar-refractivity contribution < 1.29 is 4.74 Å². The predicted octanol–water partition coefficient (Wildman–Crippen LogP) is 4.05. The number of likely N-dealkylation sites (N-methyl/N-ethyl adjacent to an activating group) is 1. The van der Waals surface area contributed by atoms with Gasteiger partial charge in [-0.1, -0.05) is 12.1 Å². The third-order valence-corrected chi connectivity index (χ3v) is 7.12. The molecule has 1 aliphatic rings. The summed E-state index contributed by atoms with van der Waals surface area (Å²) in [7, 11) is 3.82. The normalized spacial score (nSPS) is 15.3. The Kier molecular flexibility index (Phi) is 6.07. The average Bonchev–Trinajstić information content (AvgIpc) is 3.16. The first-order valence-corrected chi connectivity index (χ1v) is 11.7. The highest BCUT2D eigenvalue weighted by Crippen LogP contribution is 2.37. The Balaban J connectivity index is 1.51. The maximum atomic E-state index is 5.55. The minimum absolute atomic E-state index is 0.505. The summed E-state index contributed by atoms with van der Waals surface area (Å²) in [6.45, 7) is 5.45. The third kappa shape index (κ3) is 4.22. The number of methoxy groups -OCH3 is 1. The summed E-state index contributed by atoms with van der Waals surface area (Å²) in [5, 5.41) is 9.88. The Bertz CT molecular complexity index is 1230. The lowest BCUT2D eigenvalue weighted by atomic mass is 10.1. The first kappa shape index (κ1) is 21.3. The van der Waals surface area contributed by atoms with E-state index < -0.39 is 0 Å². The molecule has 5 rings (SSSR count). The number of nitrogens with one attached hydrogen (secondary N) is 1. The molecule has 1 aromatic carbocycles. The topological polar surface area (TPSA) is 70.2 Å². The van der Waals surface area contributed by atoms with Gasteiger partial charge in [0.25, 0.3) is 0 Å². The molecular formula is C24H25IN6O. The molecule has 0 bridgehead atoms. The molecule has 0 amide bonds. The lowest BCUT2D eigenvalue weighted by Gasteiger charge is -2.32. The number of halogens is 1. The van der Waals surface area contributed by atoms with Gasteiger partial charge in [-0.25, -0.2) is 0 Å². The quantitative estimate of drug-likeness (QED) is 0.386. The van der Waals surface area contributed by atoms with Crippen LogP contribution in [-0.2, 0) is 6.54 Å². The zero-order chi connectivity index (χ0) is 22.1. The van der Waals surface area contributed by atoms with Gasteiger partial charge in [0.05, 0.1) is 24.1 Å². The predicted molar refractivity (Wildman–Crippen MR) is 135 cm³/mol. The molecule has 4 aromatic rings. The molecule has 7 nitrogen and oxygen atoms in total. The molecule has 0 radical (unpaired) electrons. The van der Waals surface area contributed by atoms with Crippen LogP contribution in [0.4, 0.5) is 0 Å². The summed E-state index contributed by atoms with van der Waals surface area (Å²) in [5.41, 5.74) is 6.10. The van der Waals surface area contributed by atoms with Crippen LogP contribution in [0.3, 0.4) is 0 Å². The van der Waals surface area contributed by atoms with Crippen molar-refractivity contribution in [1.29, 1.82) is 0 Å². The van der Waals surface area contributed by atoms with E-state index in [0.29, 0.717) is 5.88 Å². The number of aromatic nitrogens is 4. The molecule has 1 fully saturated rings. The molecule has 0 unspecified atom stereocenters. The summed E-state index contributed by atoms with van der Waals surface area (Å²) >= 11 is 2.41. The van der Waals surface area contributed by atoms with E-state index in [2.05, 4.69) is 77.8 Å². The summed E-state index contributed by atoms with van der Waals surface area (Å²) in [5.74, 6) is 0.505. The molecule has 0 saturated carbocycles. The molecule has 1 N–H and O–H groups in total. The first-order valence-electron chi connectivity index (χ1n) is 10.7. The highest BCUT2D eigenvalue weighted by Gasteiger charge is 2.19. The number of aromatic amines is 1. The molecule has 32 heavy (non-hydrogen) atoms. The summed E-state index contributed by atoms with van der Waals surface area (Å²) < 4.78 is 6.70. The van der Waals surface area contributed by atoms with Crippen molar-refractivity contribution in [1.82, 2.24) is 30.0 Å². The van der Waals surface area contributed by atoms with Crippen LogP contribution in [0.25, 0.3) is 33.4 Å². The maximum Gasteiger partial charge on any atom is 0.242 e. The standard InChI is InChI=1S/C24H25IN6O/c1-30-9-11-31(12-10-30)15-16-3-4-18-21(13-16)27-23(22(18)25)19-14-20(28-29-24(19)32-2)17-5-7-26-8-6-17/h3-8,13-14,27H,9-12,15H2,1-2H3. The largest absolute Gasteiger partial charge is 0.479 e. The molecule has 8 heteroatoms. The monoisotopic (exact) mass is 540 g/mol. The van der Waals surface area contributed by atoms with Crippen molar-refractivity contribution in [3.63, 3.8) is 0 Å². The van der Waals surface area contributed by atoms with Crippen molar-refractivity contribution in [2.45, 2.75) is 6.54 Å². The number of nitrogens with zero attached hydrogens (tertiary/aromatic N) is 5. The lowest BCUT2D eigenvalue weighted by molar-refractivity contribution is 0.148. The van der Waals surface area contributed by atoms with Gasteiger partial charge in [-0.2, -0.15) is 0 Å². The van der Waals surface area contributed by atoms with Gasteiger partial charge in [0.2, 0.25) is 5.88 Å². The molecule has 4 heterocycles. The number of rotatable bonds is 5. The number of pyridine rings is 1. The van der Waals surface area contributed by atoms with Crippen LogP contribution in [-0.4, -0.2) is 70.3 Å². The molecule has 0 aliphatic carbocycles. The molecule has 1 aliphatic heterocycles. The van der Waals surface area contributed by atoms with Crippen LogP contribution >= 0.6 is 22.6 Å². The van der Waals surface area contributed by atoms with Crippen LogP contribution in [0.2, 0.25) is 0 Å². The number of hydrogen-bond donors (Lipinski definition) is 1. The summed E-state index contributed by atoms with van der Waals surface area (Å²) in [6.07, 6.45) is 3.52. The number of fused-ring (bicyclic) bond motifs is 1. The van der Waals surface area contributed by atoms with Crippen LogP contribution in [0, 0.1) is 3.57 Å². The number of piperazine rings is 1. The van der Waals surface area contributed by atoms with Crippen molar-refractivity contribution in [2.24, 2.45) is 0 Å². The van der Waals surface area contributed by atoms with E-state index in [1.165, 1.54) is 10.9 Å². The summed E-state index contributed by atoms with van der Waals surface area (Å²) in [6, 6.07) is 12.6. The highest BCUT2D eigenvalue weighted by atomic mass is 127. The smallest absolute Gasteiger partial charge is 0.242 e. The molecule has 1 saturated heterocycles. The second kappa shape index (κ2) is 9.13. The second-order valence-corrected chi connectivity index (χ2v) is 9.24. The van der Waals surface area contributed by atoms with Crippen molar-refractivity contribution in [2.75, 3.05) is 40.3 Å². The van der Waals surface area contributed by atoms with E-state index in [1.807, 2.05) is 18.2 Å². The van der Waals surface area contributed by atoms with Gasteiger partial charge in [-0.15, -0.1) is 10.2 Å². The Labute approximate surface area is 201 Å². The molecule has 3 aromatic heterocycles. The van der Waals surface area contributed by atoms with Gasteiger partial charge >= 0.3 is 0 Å². The number of benzene rings is 1. The molecule has 0 atom stereocenters. The average molecular weight is 540 g/mol. The maximum absolute atomic E-state index is 5.55. The van der Waals surface area contributed by atoms with Gasteiger partial charge in [0.1, 0.15) is 0 Å². The molecular weight excluding hydrogens is 515 g/mol. The summed E-state index contributed by atoms with van der Waals surface area (Å²) in [4.78, 5) is 12.6. The lowest BCUT2D eigenvalue weighted by Crippen LogP contribution is -2.43. The Morgan fingerprint density at radius 2 is 1.81 bits per heavy atom. The van der Waals surface area contributed by atoms with Crippen molar-refractivity contribution in [3.05, 3.63) is 57.9 Å². The fourth-order valence-electron chi connectivity index (χ4n) is 4.13. The van der Waals surface area contributed by atoms with Crippen LogP contribution in [0.5, 0.6) is 5.88 Å². The third-order valence-electron chi connectivity index (χ3n) is 6.00. The van der Waals surface area contributed by atoms with Crippen molar-refractivity contribution >= 4 is 33.5 Å². The fraction of sp³-hybridized carbons (Fsp3) is 0.292. The van der Waals surface area contributed by atoms with E-state index in [1.54, 1.807) is 19.5 Å². The van der Waals surface area contributed by atoms with Crippen molar-refractivity contribution in [3.8, 4) is 28.4 Å². The zero-order valence-electron chi connectivity index (χ0n) is 18.2. The van der Waals surface area contributed by atoms with E-state index in [9.17, 15) is 0 Å². The zero-order valence-corrected chi connectivity index (χ0v) is 20.3. The minimum atomic E-state index is 0.505. The second-order valence-electron chi connectivity index (χ2n) is 8.16. The van der Waals surface area contributed by atoms with Crippen LogP contribution < -0.4 is 4.74 Å². The van der Waals surface area contributed by atoms with Gasteiger partial charge < -0.3 is 14.6 Å². The SMILES string of the molecule is COc1nnc(-c2ccncc2)cc1-c1[nH]c2cc(CN3CCN(C)CC3)ccc2c1I. The number of ether oxygens (including phenoxy) is 1. The van der Waals surface area contributed by atoms with E-state index in [-0.39, 0.29) is 0 Å². The van der Waals surface area contributed by atoms with Gasteiger partial charge in [-0.3, -0.25) is 9.88 Å². The fourth-order valence-corrected chi connectivity index (χ4v) is 5.03. The van der Waals surface area contributed by atoms with Crippen LogP contribution in [0.15, 0.2) is 48.8 Å². The van der Waals surface area contributed by atoms with E-state index in [4.69, 9.17) is 4.74 Å². The first-order chi connectivity index (χ1) is 15.6. The molecule has 0 spiro atoms. The Hall–Kier alpha value is -2.56. The van der Waals surface area contributed by atoms with E-state index >= 15 is 0 Å². The van der Waals surface area contributed by atoms with E-state index in [0.717, 1.165) is 64.3 Å². The minimum Gasteiger partial charge on any atom is -0.479 e. The van der Waals surface area contributed by atoms with Gasteiger partial charge in [0, 0.05) is 65.2 Å². The van der Waals surface area contributed by atoms with Gasteiger partial charge in [0.15, 0.2) is 0 Å². The van der Waals surface area contributed by atoms with Gasteiger partial charge in [-0.05, 0) is 59.5 Å². The highest BCUT2D eigenvalue weighted by molar-refractivity contribution is 14.1. The Morgan fingerprint density at radius 3 is 2.56 bits per heavy atom. The number of H-pyrrole nitrogens is 1. The molecule has 164 valence electrons. The number of hydrogen-bond acceptors (Lipinski definition) is 6.